The van der Waals surface area contributed by atoms with Crippen LogP contribution < -0.4 is 20.0 Å². The number of rotatable bonds is 8. The Labute approximate surface area is 278 Å². The first kappa shape index (κ1) is 31.4. The molecule has 1 aromatic heterocycles. The lowest BCUT2D eigenvalue weighted by Crippen LogP contribution is -2.33. The van der Waals surface area contributed by atoms with Crippen LogP contribution in [0.4, 0.5) is 17.1 Å². The highest BCUT2D eigenvalue weighted by Gasteiger charge is 2.56. The van der Waals surface area contributed by atoms with Gasteiger partial charge in [0.05, 0.1) is 26.7 Å². The lowest BCUT2D eigenvalue weighted by Gasteiger charge is -2.31. The molecule has 8 nitrogen and oxygen atoms in total. The van der Waals surface area contributed by atoms with E-state index < -0.39 is 23.0 Å². The van der Waals surface area contributed by atoms with Crippen LogP contribution in [-0.2, 0) is 20.9 Å². The molecule has 3 aromatic carbocycles. The first-order chi connectivity index (χ1) is 21.6. The van der Waals surface area contributed by atoms with E-state index in [2.05, 4.69) is 24.1 Å². The van der Waals surface area contributed by atoms with Crippen molar-refractivity contribution in [3.05, 3.63) is 102 Å². The molecule has 45 heavy (non-hydrogen) atoms. The molecule has 0 radical (unpaired) electrons. The van der Waals surface area contributed by atoms with Gasteiger partial charge in [0, 0.05) is 35.3 Å². The van der Waals surface area contributed by atoms with E-state index in [-0.39, 0.29) is 23.2 Å². The summed E-state index contributed by atoms with van der Waals surface area (Å²) in [6, 6.07) is 20.0. The van der Waals surface area contributed by atoms with E-state index in [0.29, 0.717) is 31.3 Å². The normalized spacial score (nSPS) is 19.0. The Morgan fingerprint density at radius 3 is 2.24 bits per heavy atom. The molecule has 2 unspecified atom stereocenters. The Morgan fingerprint density at radius 2 is 1.60 bits per heavy atom. The zero-order valence-corrected chi connectivity index (χ0v) is 27.9. The smallest absolute Gasteiger partial charge is 0.308 e. The number of aryl methyl sites for hydroxylation is 1. The van der Waals surface area contributed by atoms with Gasteiger partial charge in [0.25, 0.3) is 0 Å². The zero-order valence-electron chi connectivity index (χ0n) is 24.8. The van der Waals surface area contributed by atoms with Gasteiger partial charge in [-0.2, -0.15) is 0 Å². The SMILES string of the molecule is CCN(CC)c1ccc([C@H]2c3sc(=O)n(CC(=O)Nc4ccc(Cl)c(Cl)c4)c3SC3C(=O)N(c4ccc(C)cc4)C(=O)C32)cc1. The van der Waals surface area contributed by atoms with Crippen LogP contribution in [0.15, 0.2) is 76.6 Å². The molecule has 1 fully saturated rings. The number of anilines is 3. The van der Waals surface area contributed by atoms with Gasteiger partial charge in [-0.3, -0.25) is 23.7 Å². The number of carbonyl (C=O) groups excluding carboxylic acids is 3. The van der Waals surface area contributed by atoms with Gasteiger partial charge >= 0.3 is 4.87 Å². The van der Waals surface area contributed by atoms with Gasteiger partial charge in [-0.25, -0.2) is 4.90 Å². The Kier molecular flexibility index (Phi) is 8.85. The van der Waals surface area contributed by atoms with Crippen molar-refractivity contribution in [2.24, 2.45) is 5.92 Å². The fraction of sp³-hybridized carbons (Fsp3) is 0.273. The highest BCUT2D eigenvalue weighted by Crippen LogP contribution is 2.54. The standard InChI is InChI=1S/C33H30Cl2N4O4S2/c1-4-37(5-2)21-13-8-19(9-14-21)26-27-28(31(42)39(30(27)41)22-11-6-18(3)7-12-22)44-32-29(26)45-33(43)38(32)17-25(40)36-20-10-15-23(34)24(35)16-20/h6-16,26-28H,4-5,17H2,1-3H3,(H,36,40)/t26-,27?,28?/m1/s1. The van der Waals surface area contributed by atoms with Crippen LogP contribution in [0.1, 0.15) is 35.8 Å². The average molecular weight is 682 g/mol. The third-order valence-electron chi connectivity index (χ3n) is 8.23. The lowest BCUT2D eigenvalue weighted by atomic mass is 9.83. The maximum atomic E-state index is 14.1. The number of amides is 3. The van der Waals surface area contributed by atoms with E-state index in [1.165, 1.54) is 27.3 Å². The van der Waals surface area contributed by atoms with Gasteiger partial charge in [-0.1, -0.05) is 76.1 Å². The fourth-order valence-corrected chi connectivity index (χ4v) is 9.03. The summed E-state index contributed by atoms with van der Waals surface area (Å²) in [5.41, 5.74) is 3.86. The van der Waals surface area contributed by atoms with Crippen molar-refractivity contribution < 1.29 is 14.4 Å². The minimum atomic E-state index is -0.767. The summed E-state index contributed by atoms with van der Waals surface area (Å²) in [4.78, 5) is 58.6. The van der Waals surface area contributed by atoms with E-state index in [9.17, 15) is 19.2 Å². The number of halogens is 2. The number of thioether (sulfide) groups is 1. The molecular formula is C33H30Cl2N4O4S2. The Bertz CT molecular complexity index is 1850. The van der Waals surface area contributed by atoms with Crippen molar-refractivity contribution in [2.75, 3.05) is 28.2 Å². The van der Waals surface area contributed by atoms with Crippen molar-refractivity contribution in [3.8, 4) is 0 Å². The molecule has 4 aromatic rings. The van der Waals surface area contributed by atoms with Crippen LogP contribution >= 0.6 is 46.3 Å². The van der Waals surface area contributed by atoms with Gasteiger partial charge in [0.1, 0.15) is 11.8 Å². The minimum Gasteiger partial charge on any atom is -0.372 e. The van der Waals surface area contributed by atoms with Crippen molar-refractivity contribution in [2.45, 2.75) is 43.5 Å². The molecule has 2 aliphatic rings. The van der Waals surface area contributed by atoms with E-state index in [0.717, 1.165) is 41.2 Å². The predicted octanol–water partition coefficient (Wildman–Crippen LogP) is 6.81. The summed E-state index contributed by atoms with van der Waals surface area (Å²) in [7, 11) is 0. The molecule has 0 bridgehead atoms. The Morgan fingerprint density at radius 1 is 0.911 bits per heavy atom. The van der Waals surface area contributed by atoms with Crippen molar-refractivity contribution in [3.63, 3.8) is 0 Å². The molecule has 0 aliphatic carbocycles. The molecule has 3 amide bonds. The van der Waals surface area contributed by atoms with Gasteiger partial charge in [0.15, 0.2) is 0 Å². The summed E-state index contributed by atoms with van der Waals surface area (Å²) in [6.07, 6.45) is 0. The van der Waals surface area contributed by atoms with Crippen LogP contribution in [0.25, 0.3) is 0 Å². The highest BCUT2D eigenvalue weighted by molar-refractivity contribution is 8.00. The third kappa shape index (κ3) is 5.80. The minimum absolute atomic E-state index is 0.271. The molecule has 0 spiro atoms. The first-order valence-corrected chi connectivity index (χ1v) is 17.0. The number of nitrogens with zero attached hydrogens (tertiary/aromatic N) is 3. The van der Waals surface area contributed by atoms with Gasteiger partial charge in [-0.05, 0) is 68.8 Å². The van der Waals surface area contributed by atoms with E-state index in [1.54, 1.807) is 24.3 Å². The Hall–Kier alpha value is -3.57. The third-order valence-corrected chi connectivity index (χ3v) is 11.6. The number of carbonyl (C=O) groups is 3. The quantitative estimate of drug-likeness (QED) is 0.206. The molecule has 1 N–H and O–H groups in total. The number of thiazole rings is 1. The number of aromatic nitrogens is 1. The second-order valence-corrected chi connectivity index (χ2v) is 13.9. The van der Waals surface area contributed by atoms with Crippen LogP contribution in [0.2, 0.25) is 10.0 Å². The van der Waals surface area contributed by atoms with Crippen LogP contribution in [0, 0.1) is 12.8 Å². The van der Waals surface area contributed by atoms with E-state index >= 15 is 0 Å². The zero-order chi connectivity index (χ0) is 32.0. The monoisotopic (exact) mass is 680 g/mol. The molecule has 3 heterocycles. The second-order valence-electron chi connectivity index (χ2n) is 11.0. The fourth-order valence-electron chi connectivity index (χ4n) is 5.96. The van der Waals surface area contributed by atoms with E-state index in [4.69, 9.17) is 23.2 Å². The second kappa shape index (κ2) is 12.7. The van der Waals surface area contributed by atoms with E-state index in [1.807, 2.05) is 43.3 Å². The van der Waals surface area contributed by atoms with Crippen molar-refractivity contribution >= 4 is 81.1 Å². The van der Waals surface area contributed by atoms with Gasteiger partial charge < -0.3 is 10.2 Å². The maximum Gasteiger partial charge on any atom is 0.308 e. The molecule has 1 saturated heterocycles. The summed E-state index contributed by atoms with van der Waals surface area (Å²) < 4.78 is 1.40. The predicted molar refractivity (Wildman–Crippen MR) is 182 cm³/mol. The summed E-state index contributed by atoms with van der Waals surface area (Å²) in [6.45, 7) is 7.54. The van der Waals surface area contributed by atoms with Crippen LogP contribution in [0.3, 0.4) is 0 Å². The molecular weight excluding hydrogens is 651 g/mol. The van der Waals surface area contributed by atoms with Crippen LogP contribution in [-0.4, -0.2) is 40.6 Å². The number of nitrogens with one attached hydrogen (secondary N) is 1. The topological polar surface area (TPSA) is 91.7 Å². The van der Waals surface area contributed by atoms with Crippen molar-refractivity contribution in [1.29, 1.82) is 0 Å². The molecule has 232 valence electrons. The summed E-state index contributed by atoms with van der Waals surface area (Å²) in [5.74, 6) is -2.32. The molecule has 12 heteroatoms. The average Bonchev–Trinajstić information content (AvgIpc) is 3.46. The van der Waals surface area contributed by atoms with Crippen LogP contribution in [0.5, 0.6) is 0 Å². The number of hydrogen-bond acceptors (Lipinski definition) is 7. The molecule has 0 saturated carbocycles. The summed E-state index contributed by atoms with van der Waals surface area (Å²) >= 11 is 14.3. The molecule has 3 atom stereocenters. The lowest BCUT2D eigenvalue weighted by molar-refractivity contribution is -0.122. The Balaban J connectivity index is 1.40. The first-order valence-electron chi connectivity index (χ1n) is 14.6. The molecule has 2 aliphatic heterocycles. The van der Waals surface area contributed by atoms with Gasteiger partial charge in [-0.15, -0.1) is 0 Å². The summed E-state index contributed by atoms with van der Waals surface area (Å²) in [5, 5.41) is 3.18. The maximum absolute atomic E-state index is 14.1. The van der Waals surface area contributed by atoms with Gasteiger partial charge in [0.2, 0.25) is 17.7 Å². The highest BCUT2D eigenvalue weighted by atomic mass is 35.5. The largest absolute Gasteiger partial charge is 0.372 e. The number of fused-ring (bicyclic) bond motifs is 2. The number of imide groups is 1. The number of benzene rings is 3. The number of hydrogen-bond donors (Lipinski definition) is 1. The van der Waals surface area contributed by atoms with Crippen molar-refractivity contribution in [1.82, 2.24) is 4.57 Å². The molecule has 6 rings (SSSR count).